The molecule has 3 aliphatic rings. The Hall–Kier alpha value is -3.78. The van der Waals surface area contributed by atoms with Crippen LogP contribution in [0.1, 0.15) is 52.4 Å². The highest BCUT2D eigenvalue weighted by Crippen LogP contribution is 2.30. The fourth-order valence-corrected chi connectivity index (χ4v) is 5.62. The number of aromatic nitrogens is 2. The molecular weight excluding hydrogens is 478 g/mol. The van der Waals surface area contributed by atoms with Gasteiger partial charge in [-0.3, -0.25) is 9.59 Å². The number of fused-ring (bicyclic) bond motifs is 2. The van der Waals surface area contributed by atoms with Crippen LogP contribution < -0.4 is 5.32 Å². The van der Waals surface area contributed by atoms with E-state index < -0.39 is 0 Å². The second-order valence-electron chi connectivity index (χ2n) is 10.3. The third-order valence-electron chi connectivity index (χ3n) is 7.87. The quantitative estimate of drug-likeness (QED) is 0.541. The number of nitrogens with zero attached hydrogens (tertiary/aromatic N) is 4. The van der Waals surface area contributed by atoms with E-state index in [2.05, 4.69) is 29.4 Å². The van der Waals surface area contributed by atoms with Gasteiger partial charge in [0, 0.05) is 56.2 Å². The van der Waals surface area contributed by atoms with Crippen LogP contribution in [0.2, 0.25) is 0 Å². The topological polar surface area (TPSA) is 87.7 Å². The minimum absolute atomic E-state index is 0.00576. The largest absolute Gasteiger partial charge is 0.381 e. The number of hydrogen-bond acceptors (Lipinski definition) is 6. The molecule has 4 heterocycles. The molecule has 1 aromatic heterocycles. The van der Waals surface area contributed by atoms with E-state index in [1.54, 1.807) is 4.90 Å². The smallest absolute Gasteiger partial charge is 0.254 e. The van der Waals surface area contributed by atoms with Crippen LogP contribution in [0.25, 0.3) is 11.3 Å². The Labute approximate surface area is 223 Å². The van der Waals surface area contributed by atoms with Crippen molar-refractivity contribution in [3.63, 3.8) is 0 Å². The second-order valence-corrected chi connectivity index (χ2v) is 10.3. The summed E-state index contributed by atoms with van der Waals surface area (Å²) in [5, 5.41) is 3.45. The van der Waals surface area contributed by atoms with Gasteiger partial charge in [-0.2, -0.15) is 0 Å². The Balaban J connectivity index is 1.18. The number of ether oxygens (including phenoxy) is 1. The first-order valence-electron chi connectivity index (χ1n) is 13.6. The number of carbonyl (C=O) groups is 2. The lowest BCUT2D eigenvalue weighted by Gasteiger charge is -2.30. The van der Waals surface area contributed by atoms with Crippen molar-refractivity contribution in [2.75, 3.05) is 31.6 Å². The van der Waals surface area contributed by atoms with Crippen molar-refractivity contribution in [2.45, 2.75) is 51.7 Å². The van der Waals surface area contributed by atoms with Crippen LogP contribution in [0.4, 0.5) is 5.95 Å². The van der Waals surface area contributed by atoms with E-state index in [0.717, 1.165) is 61.3 Å². The molecule has 2 aromatic carbocycles. The first kappa shape index (κ1) is 24.6. The minimum Gasteiger partial charge on any atom is -0.381 e. The van der Waals surface area contributed by atoms with E-state index in [4.69, 9.17) is 9.72 Å². The van der Waals surface area contributed by atoms with Gasteiger partial charge in [-0.05, 0) is 54.0 Å². The van der Waals surface area contributed by atoms with Crippen LogP contribution in [0.5, 0.6) is 0 Å². The Morgan fingerprint density at radius 3 is 2.71 bits per heavy atom. The molecule has 0 unspecified atom stereocenters. The molecule has 0 spiro atoms. The molecule has 0 atom stereocenters. The van der Waals surface area contributed by atoms with E-state index in [9.17, 15) is 9.59 Å². The maximum atomic E-state index is 13.4. The standard InChI is InChI=1S/C30H33N5O3/c1-2-20-16-31-30(32-25-10-13-38-14-11-25)33-28(20)22-7-8-24-18-35(29(37)26(24)15-22)19-27(36)34-12-9-21-5-3-4-6-23(21)17-34/h3-8,15-16,25H,2,9-14,17-19H2,1H3,(H,31,32,33). The monoisotopic (exact) mass is 511 g/mol. The van der Waals surface area contributed by atoms with Crippen molar-refractivity contribution in [3.05, 3.63) is 76.5 Å². The summed E-state index contributed by atoms with van der Waals surface area (Å²) in [6.45, 7) is 5.41. The van der Waals surface area contributed by atoms with Crippen LogP contribution in [-0.2, 0) is 35.5 Å². The number of aryl methyl sites for hydroxylation is 1. The molecule has 1 N–H and O–H groups in total. The first-order chi connectivity index (χ1) is 18.6. The maximum absolute atomic E-state index is 13.4. The van der Waals surface area contributed by atoms with E-state index in [0.29, 0.717) is 37.2 Å². The molecule has 2 amide bonds. The van der Waals surface area contributed by atoms with Gasteiger partial charge in [0.2, 0.25) is 11.9 Å². The summed E-state index contributed by atoms with van der Waals surface area (Å²) < 4.78 is 5.46. The van der Waals surface area contributed by atoms with Crippen molar-refractivity contribution in [2.24, 2.45) is 0 Å². The average molecular weight is 512 g/mol. The van der Waals surface area contributed by atoms with E-state index >= 15 is 0 Å². The van der Waals surface area contributed by atoms with Crippen molar-refractivity contribution in [3.8, 4) is 11.3 Å². The molecule has 38 heavy (non-hydrogen) atoms. The van der Waals surface area contributed by atoms with Gasteiger partial charge in [0.05, 0.1) is 5.69 Å². The molecule has 6 rings (SSSR count). The number of rotatable bonds is 6. The molecule has 0 saturated carbocycles. The van der Waals surface area contributed by atoms with Crippen LogP contribution in [-0.4, -0.2) is 63.9 Å². The van der Waals surface area contributed by atoms with Gasteiger partial charge in [0.25, 0.3) is 5.91 Å². The predicted octanol–water partition coefficient (Wildman–Crippen LogP) is 3.84. The summed E-state index contributed by atoms with van der Waals surface area (Å²) in [6, 6.07) is 14.5. The van der Waals surface area contributed by atoms with Crippen LogP contribution in [0.15, 0.2) is 48.7 Å². The van der Waals surface area contributed by atoms with Crippen molar-refractivity contribution < 1.29 is 14.3 Å². The zero-order valence-corrected chi connectivity index (χ0v) is 21.8. The number of hydrogen-bond donors (Lipinski definition) is 1. The number of amides is 2. The van der Waals surface area contributed by atoms with Crippen LogP contribution in [0.3, 0.4) is 0 Å². The lowest BCUT2D eigenvalue weighted by Crippen LogP contribution is -2.42. The normalized spacial score (nSPS) is 17.3. The molecule has 1 fully saturated rings. The van der Waals surface area contributed by atoms with Gasteiger partial charge in [0.1, 0.15) is 6.54 Å². The fourth-order valence-electron chi connectivity index (χ4n) is 5.62. The second kappa shape index (κ2) is 10.5. The maximum Gasteiger partial charge on any atom is 0.254 e. The van der Waals surface area contributed by atoms with Crippen molar-refractivity contribution >= 4 is 17.8 Å². The van der Waals surface area contributed by atoms with E-state index in [1.807, 2.05) is 41.4 Å². The van der Waals surface area contributed by atoms with Gasteiger partial charge in [-0.15, -0.1) is 0 Å². The molecule has 3 aromatic rings. The minimum atomic E-state index is -0.0970. The lowest BCUT2D eigenvalue weighted by atomic mass is 10.00. The highest BCUT2D eigenvalue weighted by atomic mass is 16.5. The Morgan fingerprint density at radius 2 is 1.89 bits per heavy atom. The molecule has 0 radical (unpaired) electrons. The van der Waals surface area contributed by atoms with Gasteiger partial charge in [0.15, 0.2) is 0 Å². The molecule has 1 saturated heterocycles. The summed E-state index contributed by atoms with van der Waals surface area (Å²) in [5.74, 6) is 0.500. The van der Waals surface area contributed by atoms with E-state index in [1.165, 1.54) is 11.1 Å². The molecule has 0 bridgehead atoms. The van der Waals surface area contributed by atoms with Crippen LogP contribution >= 0.6 is 0 Å². The van der Waals surface area contributed by atoms with Gasteiger partial charge in [-0.25, -0.2) is 9.97 Å². The first-order valence-corrected chi connectivity index (χ1v) is 13.6. The summed E-state index contributed by atoms with van der Waals surface area (Å²) in [5.41, 5.74) is 6.86. The number of nitrogens with one attached hydrogen (secondary N) is 1. The van der Waals surface area contributed by atoms with Gasteiger partial charge >= 0.3 is 0 Å². The molecule has 8 heteroatoms. The fraction of sp³-hybridized carbons (Fsp3) is 0.400. The third-order valence-corrected chi connectivity index (χ3v) is 7.87. The van der Waals surface area contributed by atoms with E-state index in [-0.39, 0.29) is 18.4 Å². The molecule has 196 valence electrons. The lowest BCUT2D eigenvalue weighted by molar-refractivity contribution is -0.132. The zero-order chi connectivity index (χ0) is 26.1. The Bertz CT molecular complexity index is 1370. The van der Waals surface area contributed by atoms with Crippen molar-refractivity contribution in [1.29, 1.82) is 0 Å². The molecule has 0 aliphatic carbocycles. The van der Waals surface area contributed by atoms with Gasteiger partial charge in [-0.1, -0.05) is 43.3 Å². The molecule has 3 aliphatic heterocycles. The average Bonchev–Trinajstić information content (AvgIpc) is 3.27. The number of benzene rings is 2. The molecule has 8 nitrogen and oxygen atoms in total. The predicted molar refractivity (Wildman–Crippen MR) is 145 cm³/mol. The Morgan fingerprint density at radius 1 is 1.08 bits per heavy atom. The third kappa shape index (κ3) is 4.88. The summed E-state index contributed by atoms with van der Waals surface area (Å²) in [4.78, 5) is 39.4. The zero-order valence-electron chi connectivity index (χ0n) is 21.8. The molecular formula is C30H33N5O3. The van der Waals surface area contributed by atoms with Crippen LogP contribution in [0, 0.1) is 0 Å². The Kier molecular flexibility index (Phi) is 6.81. The number of carbonyl (C=O) groups excluding carboxylic acids is 2. The summed E-state index contributed by atoms with van der Waals surface area (Å²) in [7, 11) is 0. The SMILES string of the molecule is CCc1cnc(NC2CCOCC2)nc1-c1ccc2c(c1)C(=O)N(CC(=O)N1CCc3ccccc3C1)C2. The number of anilines is 1. The highest BCUT2D eigenvalue weighted by molar-refractivity contribution is 6.01. The summed E-state index contributed by atoms with van der Waals surface area (Å²) >= 11 is 0. The summed E-state index contributed by atoms with van der Waals surface area (Å²) in [6.07, 6.45) is 5.38. The van der Waals surface area contributed by atoms with Crippen molar-refractivity contribution in [1.82, 2.24) is 19.8 Å². The highest BCUT2D eigenvalue weighted by Gasteiger charge is 2.31. The van der Waals surface area contributed by atoms with Gasteiger partial charge < -0.3 is 19.9 Å².